The lowest BCUT2D eigenvalue weighted by molar-refractivity contribution is -0.140. The van der Waals surface area contributed by atoms with Crippen LogP contribution in [0.25, 0.3) is 0 Å². The quantitative estimate of drug-likeness (QED) is 0.428. The van der Waals surface area contributed by atoms with Crippen molar-refractivity contribution in [1.29, 1.82) is 0 Å². The number of phenols is 1. The van der Waals surface area contributed by atoms with E-state index in [1.54, 1.807) is 12.1 Å². The zero-order chi connectivity index (χ0) is 29.8. The number of hydrogen-bond donors (Lipinski definition) is 4. The summed E-state index contributed by atoms with van der Waals surface area (Å²) in [6.45, 7) is 15.8. The molecule has 1 saturated carbocycles. The molecule has 4 N–H and O–H groups in total. The third kappa shape index (κ3) is 5.47. The minimum atomic E-state index is -0.536. The molecule has 3 fully saturated rings. The van der Waals surface area contributed by atoms with Gasteiger partial charge < -0.3 is 15.0 Å². The van der Waals surface area contributed by atoms with E-state index >= 15 is 0 Å². The lowest BCUT2D eigenvalue weighted by atomic mass is 9.73. The molecule has 3 aliphatic heterocycles. The molecule has 9 nitrogen and oxygen atoms in total. The zero-order valence-electron chi connectivity index (χ0n) is 25.8. The number of hydrogen-bond acceptors (Lipinski definition) is 7. The summed E-state index contributed by atoms with van der Waals surface area (Å²) in [5.74, 6) is 1.01. The lowest BCUT2D eigenvalue weighted by Gasteiger charge is -2.44. The van der Waals surface area contributed by atoms with Crippen molar-refractivity contribution in [2.75, 3.05) is 32.7 Å². The predicted octanol–water partition coefficient (Wildman–Crippen LogP) is 3.61. The van der Waals surface area contributed by atoms with Crippen LogP contribution < -0.4 is 10.9 Å². The number of nitrogens with zero attached hydrogens (tertiary/aromatic N) is 4. The fourth-order valence-corrected chi connectivity index (χ4v) is 7.85. The Morgan fingerprint density at radius 2 is 1.88 bits per heavy atom. The molecule has 0 bridgehead atoms. The van der Waals surface area contributed by atoms with Crippen molar-refractivity contribution in [2.24, 2.45) is 5.92 Å². The topological polar surface area (TPSA) is 99.8 Å². The Hall–Kier alpha value is -2.53. The van der Waals surface area contributed by atoms with Crippen LogP contribution in [-0.4, -0.2) is 86.0 Å². The Morgan fingerprint density at radius 3 is 2.57 bits per heavy atom. The van der Waals surface area contributed by atoms with E-state index in [2.05, 4.69) is 65.2 Å². The van der Waals surface area contributed by atoms with Crippen molar-refractivity contribution in [3.8, 4) is 5.75 Å². The Labute approximate surface area is 249 Å². The van der Waals surface area contributed by atoms with Gasteiger partial charge in [0.25, 0.3) is 0 Å². The van der Waals surface area contributed by atoms with Crippen molar-refractivity contribution in [3.05, 3.63) is 46.3 Å². The number of nitrogens with one attached hydrogen (secondary N) is 3. The van der Waals surface area contributed by atoms with Gasteiger partial charge in [0.1, 0.15) is 5.82 Å². The fourth-order valence-electron chi connectivity index (χ4n) is 7.85. The van der Waals surface area contributed by atoms with Crippen LogP contribution in [0.1, 0.15) is 94.2 Å². The van der Waals surface area contributed by atoms with E-state index in [9.17, 15) is 14.3 Å². The van der Waals surface area contributed by atoms with E-state index in [-0.39, 0.29) is 41.2 Å². The van der Waals surface area contributed by atoms with Crippen molar-refractivity contribution in [3.63, 3.8) is 0 Å². The molecule has 5 atom stereocenters. The van der Waals surface area contributed by atoms with Gasteiger partial charge in [-0.05, 0) is 88.1 Å². The molecule has 1 aliphatic carbocycles. The number of H-pyrrole nitrogens is 1. The molecule has 1 amide bonds. The lowest BCUT2D eigenvalue weighted by Crippen LogP contribution is -2.59. The average Bonchev–Trinajstić information content (AvgIpc) is 3.60. The van der Waals surface area contributed by atoms with Crippen molar-refractivity contribution >= 4 is 5.91 Å². The summed E-state index contributed by atoms with van der Waals surface area (Å²) in [5.41, 5.74) is 11.4. The van der Waals surface area contributed by atoms with E-state index in [4.69, 9.17) is 4.98 Å². The Morgan fingerprint density at radius 1 is 1.12 bits per heavy atom. The van der Waals surface area contributed by atoms with E-state index in [1.807, 2.05) is 0 Å². The summed E-state index contributed by atoms with van der Waals surface area (Å²) in [6, 6.07) is 3.29. The van der Waals surface area contributed by atoms with Crippen molar-refractivity contribution in [2.45, 2.75) is 103 Å². The number of aromatic nitrogens is 2. The molecular formula is C32H48FN7O2. The van der Waals surface area contributed by atoms with Gasteiger partial charge in [-0.1, -0.05) is 13.8 Å². The van der Waals surface area contributed by atoms with Gasteiger partial charge in [0.05, 0.1) is 23.5 Å². The van der Waals surface area contributed by atoms with Crippen LogP contribution in [0.2, 0.25) is 0 Å². The number of likely N-dealkylation sites (N-methyl/N-ethyl adjacent to an activating group) is 1. The van der Waals surface area contributed by atoms with Gasteiger partial charge in [0.2, 0.25) is 5.91 Å². The molecule has 2 aromatic rings. The largest absolute Gasteiger partial charge is 0.505 e. The van der Waals surface area contributed by atoms with Gasteiger partial charge in [-0.25, -0.2) is 14.8 Å². The normalized spacial score (nSPS) is 29.0. The van der Waals surface area contributed by atoms with Crippen LogP contribution in [0, 0.1) is 11.7 Å². The smallest absolute Gasteiger partial charge is 0.240 e. The first kappa shape index (κ1) is 29.5. The summed E-state index contributed by atoms with van der Waals surface area (Å²) < 4.78 is 14.3. The number of piperazine rings is 1. The molecule has 230 valence electrons. The highest BCUT2D eigenvalue weighted by Gasteiger charge is 2.44. The number of imidazole rings is 1. The Balaban J connectivity index is 1.13. The molecular weight excluding hydrogens is 533 g/mol. The molecule has 0 spiro atoms. The van der Waals surface area contributed by atoms with Gasteiger partial charge in [-0.15, -0.1) is 0 Å². The van der Waals surface area contributed by atoms with E-state index in [0.29, 0.717) is 18.9 Å². The van der Waals surface area contributed by atoms with Crippen LogP contribution in [0.5, 0.6) is 5.75 Å². The van der Waals surface area contributed by atoms with Gasteiger partial charge >= 0.3 is 0 Å². The highest BCUT2D eigenvalue weighted by atomic mass is 19.1. The molecule has 10 heteroatoms. The molecule has 42 heavy (non-hydrogen) atoms. The number of carbonyl (C=O) groups is 1. The second-order valence-electron chi connectivity index (χ2n) is 13.7. The number of hydrazine groups is 1. The number of rotatable bonds is 5. The summed E-state index contributed by atoms with van der Waals surface area (Å²) in [7, 11) is 0. The molecule has 4 aliphatic rings. The van der Waals surface area contributed by atoms with Crippen molar-refractivity contribution in [1.82, 2.24) is 35.5 Å². The maximum atomic E-state index is 14.3. The van der Waals surface area contributed by atoms with Crippen LogP contribution >= 0.6 is 0 Å². The second kappa shape index (κ2) is 11.5. The Bertz CT molecular complexity index is 1300. The first-order chi connectivity index (χ1) is 20.1. The Kier molecular flexibility index (Phi) is 8.10. The number of amides is 1. The number of aryl methyl sites for hydroxylation is 1. The third-order valence-electron chi connectivity index (χ3n) is 10.4. The molecule has 6 rings (SSSR count). The second-order valence-corrected chi connectivity index (χ2v) is 13.7. The highest BCUT2D eigenvalue weighted by molar-refractivity contribution is 5.82. The predicted molar refractivity (Wildman–Crippen MR) is 160 cm³/mol. The number of halogens is 1. The van der Waals surface area contributed by atoms with Crippen LogP contribution in [0.4, 0.5) is 4.39 Å². The molecule has 1 aromatic carbocycles. The average molecular weight is 582 g/mol. The molecule has 1 aromatic heterocycles. The maximum Gasteiger partial charge on any atom is 0.240 e. The van der Waals surface area contributed by atoms with E-state index in [0.717, 1.165) is 86.7 Å². The van der Waals surface area contributed by atoms with E-state index < -0.39 is 5.82 Å². The summed E-state index contributed by atoms with van der Waals surface area (Å²) >= 11 is 0. The van der Waals surface area contributed by atoms with Gasteiger partial charge in [0, 0.05) is 50.7 Å². The monoisotopic (exact) mass is 581 g/mol. The fraction of sp³-hybridized carbons (Fsp3) is 0.688. The number of phenolic OH excluding ortho intramolecular Hbond substituents is 1. The van der Waals surface area contributed by atoms with Crippen LogP contribution in [-0.2, 0) is 24.2 Å². The SMILES string of the molecule is CCc1cc(O)c(F)cc1C1CCC2C(C1)NNC2c1nc2c([nH]1)CN(CC)[C@@H](C(=O)N1CCN(C(C)(C)C)CC1)C2. The first-order valence-electron chi connectivity index (χ1n) is 15.9. The molecule has 0 radical (unpaired) electrons. The van der Waals surface area contributed by atoms with Crippen molar-refractivity contribution < 1.29 is 14.3 Å². The van der Waals surface area contributed by atoms with Gasteiger partial charge in [0.15, 0.2) is 11.6 Å². The minimum Gasteiger partial charge on any atom is -0.505 e. The standard InChI is InChI=1S/C32H48FN7O2/c1-6-19-15-28(41)23(33)16-22(19)20-8-9-21-24(14-20)36-37-29(21)30-34-25-17-27(38(7-2)18-26(25)35-30)31(42)39-10-12-40(13-11-39)32(3,4)5/h15-16,20-21,24,27,29,36-37,41H,6-14,17-18H2,1-5H3,(H,34,35)/t20?,21?,24?,27-,29?/m1/s1. The molecule has 2 saturated heterocycles. The zero-order valence-corrected chi connectivity index (χ0v) is 25.8. The van der Waals surface area contributed by atoms with E-state index in [1.165, 1.54) is 0 Å². The van der Waals surface area contributed by atoms with Crippen LogP contribution in [0.15, 0.2) is 12.1 Å². The third-order valence-corrected chi connectivity index (χ3v) is 10.4. The first-order valence-corrected chi connectivity index (χ1v) is 15.9. The van der Waals surface area contributed by atoms with Crippen LogP contribution in [0.3, 0.4) is 0 Å². The summed E-state index contributed by atoms with van der Waals surface area (Å²) in [4.78, 5) is 29.3. The van der Waals surface area contributed by atoms with Gasteiger partial charge in [-0.2, -0.15) is 0 Å². The number of carbonyl (C=O) groups excluding carboxylic acids is 1. The summed E-state index contributed by atoms with van der Waals surface area (Å²) in [6.07, 6.45) is 4.29. The molecule has 4 unspecified atom stereocenters. The van der Waals surface area contributed by atoms with Gasteiger partial charge in [-0.3, -0.25) is 20.0 Å². The number of aromatic hydroxyl groups is 1. The number of fused-ring (bicyclic) bond motifs is 2. The highest BCUT2D eigenvalue weighted by Crippen LogP contribution is 2.44. The minimum absolute atomic E-state index is 0.0680. The number of benzene rings is 1. The number of aromatic amines is 1. The maximum absolute atomic E-state index is 14.3. The molecule has 4 heterocycles. The summed E-state index contributed by atoms with van der Waals surface area (Å²) in [5, 5.41) is 9.88.